The molecule has 0 bridgehead atoms. The largest absolute Gasteiger partial charge is 0.0654 e. The zero-order valence-corrected chi connectivity index (χ0v) is 12.2. The molecule has 0 nitrogen and oxygen atoms in total. The predicted molar refractivity (Wildman–Crippen MR) is 75.8 cm³/mol. The summed E-state index contributed by atoms with van der Waals surface area (Å²) in [5.74, 6) is 1.99. The third-order valence-corrected chi connectivity index (χ3v) is 4.17. The first-order valence-electron chi connectivity index (χ1n) is 7.79. The lowest BCUT2D eigenvalue weighted by atomic mass is 9.82. The predicted octanol–water partition coefficient (Wildman–Crippen LogP) is 6.20. The summed E-state index contributed by atoms with van der Waals surface area (Å²) in [5, 5.41) is 0. The van der Waals surface area contributed by atoms with E-state index in [-0.39, 0.29) is 0 Å². The Hall–Kier alpha value is 0. The van der Waals surface area contributed by atoms with E-state index in [1.165, 1.54) is 64.2 Å². The molecule has 0 aliphatic rings. The van der Waals surface area contributed by atoms with Crippen LogP contribution in [0.1, 0.15) is 91.9 Å². The second kappa shape index (κ2) is 11.5. The van der Waals surface area contributed by atoms with E-state index < -0.39 is 0 Å². The standard InChI is InChI=1S/C16H34/c1-5-9-10-11-12-13-14-16(8-4)15(6-2)7-3/h15-16H,5-14H2,1-4H3. The Bertz CT molecular complexity index is 124. The normalized spacial score (nSPS) is 13.3. The van der Waals surface area contributed by atoms with E-state index in [1.54, 1.807) is 0 Å². The van der Waals surface area contributed by atoms with Crippen LogP contribution in [-0.2, 0) is 0 Å². The molecule has 0 amide bonds. The molecule has 0 aromatic heterocycles. The Balaban J connectivity index is 3.54. The smallest absolute Gasteiger partial charge is 0.0389 e. The van der Waals surface area contributed by atoms with Gasteiger partial charge in [0.05, 0.1) is 0 Å². The molecule has 0 aromatic carbocycles. The maximum atomic E-state index is 2.38. The van der Waals surface area contributed by atoms with E-state index in [4.69, 9.17) is 0 Å². The number of hydrogen-bond acceptors (Lipinski definition) is 0. The molecule has 0 saturated heterocycles. The first-order valence-corrected chi connectivity index (χ1v) is 7.79. The molecule has 0 saturated carbocycles. The maximum Gasteiger partial charge on any atom is -0.0389 e. The van der Waals surface area contributed by atoms with Crippen LogP contribution in [0.4, 0.5) is 0 Å². The summed E-state index contributed by atoms with van der Waals surface area (Å²) in [6.07, 6.45) is 14.3. The summed E-state index contributed by atoms with van der Waals surface area (Å²) < 4.78 is 0. The van der Waals surface area contributed by atoms with Crippen LogP contribution in [0.2, 0.25) is 0 Å². The second-order valence-electron chi connectivity index (χ2n) is 5.30. The average molecular weight is 226 g/mol. The van der Waals surface area contributed by atoms with Crippen LogP contribution in [0.15, 0.2) is 0 Å². The van der Waals surface area contributed by atoms with Gasteiger partial charge in [-0.15, -0.1) is 0 Å². The van der Waals surface area contributed by atoms with E-state index in [0.717, 1.165) is 11.8 Å². The molecule has 0 radical (unpaired) electrons. The number of rotatable bonds is 11. The topological polar surface area (TPSA) is 0 Å². The maximum absolute atomic E-state index is 2.38. The summed E-state index contributed by atoms with van der Waals surface area (Å²) in [7, 11) is 0. The summed E-state index contributed by atoms with van der Waals surface area (Å²) in [6, 6.07) is 0. The van der Waals surface area contributed by atoms with Crippen LogP contribution < -0.4 is 0 Å². The molecule has 0 aromatic rings. The Kier molecular flexibility index (Phi) is 11.5. The minimum atomic E-state index is 0.987. The number of hydrogen-bond donors (Lipinski definition) is 0. The Morgan fingerprint density at radius 2 is 1.06 bits per heavy atom. The van der Waals surface area contributed by atoms with E-state index in [9.17, 15) is 0 Å². The summed E-state index contributed by atoms with van der Waals surface area (Å²) >= 11 is 0. The van der Waals surface area contributed by atoms with Crippen molar-refractivity contribution in [3.05, 3.63) is 0 Å². The van der Waals surface area contributed by atoms with E-state index in [2.05, 4.69) is 27.7 Å². The summed E-state index contributed by atoms with van der Waals surface area (Å²) in [4.78, 5) is 0. The fourth-order valence-electron chi connectivity index (χ4n) is 2.92. The number of unbranched alkanes of at least 4 members (excludes halogenated alkanes) is 5. The Morgan fingerprint density at radius 1 is 0.562 bits per heavy atom. The SMILES string of the molecule is CCCCCCCCC(CC)C(CC)CC. The highest BCUT2D eigenvalue weighted by atomic mass is 14.2. The van der Waals surface area contributed by atoms with Crippen LogP contribution >= 0.6 is 0 Å². The van der Waals surface area contributed by atoms with Gasteiger partial charge in [0.25, 0.3) is 0 Å². The molecule has 0 aliphatic heterocycles. The van der Waals surface area contributed by atoms with Gasteiger partial charge in [-0.3, -0.25) is 0 Å². The molecule has 1 unspecified atom stereocenters. The molecule has 0 heteroatoms. The fraction of sp³-hybridized carbons (Fsp3) is 1.00. The Morgan fingerprint density at radius 3 is 1.56 bits per heavy atom. The lowest BCUT2D eigenvalue weighted by molar-refractivity contribution is 0.278. The average Bonchev–Trinajstić information content (AvgIpc) is 2.32. The van der Waals surface area contributed by atoms with E-state index >= 15 is 0 Å². The van der Waals surface area contributed by atoms with Crippen molar-refractivity contribution >= 4 is 0 Å². The van der Waals surface area contributed by atoms with Crippen molar-refractivity contribution in [2.24, 2.45) is 11.8 Å². The van der Waals surface area contributed by atoms with Crippen molar-refractivity contribution in [3.8, 4) is 0 Å². The van der Waals surface area contributed by atoms with Crippen LogP contribution in [0.5, 0.6) is 0 Å². The molecule has 98 valence electrons. The van der Waals surface area contributed by atoms with Gasteiger partial charge in [0.15, 0.2) is 0 Å². The van der Waals surface area contributed by atoms with Crippen molar-refractivity contribution in [1.82, 2.24) is 0 Å². The van der Waals surface area contributed by atoms with Crippen LogP contribution in [0.3, 0.4) is 0 Å². The monoisotopic (exact) mass is 226 g/mol. The van der Waals surface area contributed by atoms with Crippen LogP contribution in [0, 0.1) is 11.8 Å². The second-order valence-corrected chi connectivity index (χ2v) is 5.30. The van der Waals surface area contributed by atoms with Gasteiger partial charge < -0.3 is 0 Å². The molecule has 0 rings (SSSR count). The fourth-order valence-corrected chi connectivity index (χ4v) is 2.92. The Labute approximate surface area is 104 Å². The lowest BCUT2D eigenvalue weighted by Crippen LogP contribution is -2.12. The molecule has 16 heavy (non-hydrogen) atoms. The molecular formula is C16H34. The minimum Gasteiger partial charge on any atom is -0.0654 e. The van der Waals surface area contributed by atoms with Crippen molar-refractivity contribution in [3.63, 3.8) is 0 Å². The molecule has 0 fully saturated rings. The highest BCUT2D eigenvalue weighted by Crippen LogP contribution is 2.27. The van der Waals surface area contributed by atoms with Crippen LogP contribution in [-0.4, -0.2) is 0 Å². The molecular weight excluding hydrogens is 192 g/mol. The third-order valence-electron chi connectivity index (χ3n) is 4.17. The van der Waals surface area contributed by atoms with Crippen molar-refractivity contribution in [2.45, 2.75) is 91.9 Å². The first kappa shape index (κ1) is 16.0. The minimum absolute atomic E-state index is 0.987. The zero-order chi connectivity index (χ0) is 12.2. The quantitative estimate of drug-likeness (QED) is 0.368. The highest BCUT2D eigenvalue weighted by Gasteiger charge is 2.15. The molecule has 0 spiro atoms. The van der Waals surface area contributed by atoms with Crippen molar-refractivity contribution in [2.75, 3.05) is 0 Å². The van der Waals surface area contributed by atoms with Gasteiger partial charge in [-0.05, 0) is 11.8 Å². The zero-order valence-electron chi connectivity index (χ0n) is 12.2. The van der Waals surface area contributed by atoms with Crippen molar-refractivity contribution in [1.29, 1.82) is 0 Å². The van der Waals surface area contributed by atoms with Crippen molar-refractivity contribution < 1.29 is 0 Å². The van der Waals surface area contributed by atoms with Gasteiger partial charge in [-0.25, -0.2) is 0 Å². The highest BCUT2D eigenvalue weighted by molar-refractivity contribution is 4.67. The lowest BCUT2D eigenvalue weighted by Gasteiger charge is -2.24. The van der Waals surface area contributed by atoms with Gasteiger partial charge in [0.1, 0.15) is 0 Å². The molecule has 0 N–H and O–H groups in total. The van der Waals surface area contributed by atoms with E-state index in [1.807, 2.05) is 0 Å². The van der Waals surface area contributed by atoms with Gasteiger partial charge >= 0.3 is 0 Å². The molecule has 1 atom stereocenters. The van der Waals surface area contributed by atoms with Gasteiger partial charge in [-0.2, -0.15) is 0 Å². The van der Waals surface area contributed by atoms with Gasteiger partial charge in [-0.1, -0.05) is 91.9 Å². The van der Waals surface area contributed by atoms with Gasteiger partial charge in [0.2, 0.25) is 0 Å². The summed E-state index contributed by atoms with van der Waals surface area (Å²) in [5.41, 5.74) is 0. The van der Waals surface area contributed by atoms with E-state index in [0.29, 0.717) is 0 Å². The van der Waals surface area contributed by atoms with Gasteiger partial charge in [0, 0.05) is 0 Å². The first-order chi connectivity index (χ1) is 7.79. The molecule has 0 aliphatic carbocycles. The molecule has 0 heterocycles. The van der Waals surface area contributed by atoms with Crippen LogP contribution in [0.25, 0.3) is 0 Å². The third kappa shape index (κ3) is 7.30. The summed E-state index contributed by atoms with van der Waals surface area (Å²) in [6.45, 7) is 9.39.